The minimum Gasteiger partial charge on any atom is -0.504 e. The Bertz CT molecular complexity index is 734. The number of ketones is 1. The normalized spacial score (nSPS) is 10.6. The highest BCUT2D eigenvalue weighted by molar-refractivity contribution is 6.07. The first-order valence-corrected chi connectivity index (χ1v) is 6.91. The van der Waals surface area contributed by atoms with Crippen molar-refractivity contribution < 1.29 is 24.1 Å². The predicted molar refractivity (Wildman–Crippen MR) is 87.6 cm³/mol. The first-order chi connectivity index (χ1) is 11.1. The molecule has 2 aromatic rings. The third-order valence-electron chi connectivity index (χ3n) is 3.31. The van der Waals surface area contributed by atoms with Crippen LogP contribution in [0.2, 0.25) is 0 Å². The fourth-order valence-electron chi connectivity index (χ4n) is 2.14. The summed E-state index contributed by atoms with van der Waals surface area (Å²) in [6.45, 7) is 0. The zero-order valence-corrected chi connectivity index (χ0v) is 13.2. The molecule has 2 aromatic carbocycles. The zero-order chi connectivity index (χ0) is 16.8. The number of phenols is 1. The summed E-state index contributed by atoms with van der Waals surface area (Å²) in [5.41, 5.74) is 1.14. The van der Waals surface area contributed by atoms with Crippen molar-refractivity contribution in [2.45, 2.75) is 0 Å². The van der Waals surface area contributed by atoms with E-state index in [2.05, 4.69) is 0 Å². The van der Waals surface area contributed by atoms with Crippen LogP contribution in [0, 0.1) is 0 Å². The van der Waals surface area contributed by atoms with Crippen LogP contribution in [0.4, 0.5) is 0 Å². The summed E-state index contributed by atoms with van der Waals surface area (Å²) >= 11 is 0. The van der Waals surface area contributed by atoms with Crippen LogP contribution in [-0.4, -0.2) is 32.2 Å². The van der Waals surface area contributed by atoms with Crippen LogP contribution >= 0.6 is 0 Å². The second-order valence-electron chi connectivity index (χ2n) is 4.67. The Balaban J connectivity index is 2.28. The van der Waals surface area contributed by atoms with Gasteiger partial charge in [0.15, 0.2) is 28.8 Å². The smallest absolute Gasteiger partial charge is 0.185 e. The van der Waals surface area contributed by atoms with Gasteiger partial charge in [0.1, 0.15) is 0 Å². The third-order valence-corrected chi connectivity index (χ3v) is 3.31. The molecule has 0 atom stereocenters. The topological polar surface area (TPSA) is 65.0 Å². The van der Waals surface area contributed by atoms with E-state index >= 15 is 0 Å². The lowest BCUT2D eigenvalue weighted by Crippen LogP contribution is -1.96. The Kier molecular flexibility index (Phi) is 5.25. The van der Waals surface area contributed by atoms with Gasteiger partial charge in [-0.15, -0.1) is 0 Å². The molecule has 0 saturated carbocycles. The van der Waals surface area contributed by atoms with E-state index in [1.807, 2.05) is 12.1 Å². The lowest BCUT2D eigenvalue weighted by Gasteiger charge is -2.09. The average Bonchev–Trinajstić information content (AvgIpc) is 2.59. The van der Waals surface area contributed by atoms with Gasteiger partial charge < -0.3 is 19.3 Å². The Morgan fingerprint density at radius 1 is 1.00 bits per heavy atom. The molecule has 23 heavy (non-hydrogen) atoms. The van der Waals surface area contributed by atoms with Crippen LogP contribution in [0.3, 0.4) is 0 Å². The Hall–Kier alpha value is -2.95. The largest absolute Gasteiger partial charge is 0.504 e. The quantitative estimate of drug-likeness (QED) is 0.654. The lowest BCUT2D eigenvalue weighted by atomic mass is 10.1. The highest BCUT2D eigenvalue weighted by atomic mass is 16.5. The number of aromatic hydroxyl groups is 1. The highest BCUT2D eigenvalue weighted by Crippen LogP contribution is 2.32. The zero-order valence-electron chi connectivity index (χ0n) is 13.2. The average molecular weight is 314 g/mol. The monoisotopic (exact) mass is 314 g/mol. The molecule has 0 aliphatic heterocycles. The van der Waals surface area contributed by atoms with Crippen LogP contribution in [0.15, 0.2) is 42.5 Å². The Labute approximate surface area is 134 Å². The van der Waals surface area contributed by atoms with Crippen molar-refractivity contribution in [2.75, 3.05) is 21.3 Å². The second kappa shape index (κ2) is 7.35. The van der Waals surface area contributed by atoms with E-state index in [0.717, 1.165) is 5.56 Å². The number of hydrogen-bond acceptors (Lipinski definition) is 5. The van der Waals surface area contributed by atoms with E-state index in [9.17, 15) is 9.90 Å². The summed E-state index contributed by atoms with van der Waals surface area (Å²) in [4.78, 5) is 12.3. The van der Waals surface area contributed by atoms with Gasteiger partial charge in [-0.05, 0) is 36.4 Å². The summed E-state index contributed by atoms with van der Waals surface area (Å²) in [6, 6.07) is 9.87. The molecular weight excluding hydrogens is 296 g/mol. The molecule has 5 heteroatoms. The maximum Gasteiger partial charge on any atom is 0.185 e. The standard InChI is InChI=1S/C18H18O5/c1-21-16-6-4-5-12(18(16)23-3)7-9-14(19)13-8-10-15(20)17(11-13)22-2/h4-11,20H,1-3H3/b9-7+. The van der Waals surface area contributed by atoms with Gasteiger partial charge >= 0.3 is 0 Å². The van der Waals surface area contributed by atoms with E-state index in [0.29, 0.717) is 17.1 Å². The highest BCUT2D eigenvalue weighted by Gasteiger charge is 2.09. The number of hydrogen-bond donors (Lipinski definition) is 1. The van der Waals surface area contributed by atoms with E-state index in [1.54, 1.807) is 26.4 Å². The summed E-state index contributed by atoms with van der Waals surface area (Å²) in [6.07, 6.45) is 3.09. The number of carbonyl (C=O) groups is 1. The second-order valence-corrected chi connectivity index (χ2v) is 4.67. The Morgan fingerprint density at radius 3 is 2.39 bits per heavy atom. The van der Waals surface area contributed by atoms with Gasteiger partial charge in [0.05, 0.1) is 21.3 Å². The fourth-order valence-corrected chi connectivity index (χ4v) is 2.14. The molecule has 0 aliphatic rings. The molecular formula is C18H18O5. The summed E-state index contributed by atoms with van der Waals surface area (Å²) in [5.74, 6) is 1.18. The van der Waals surface area contributed by atoms with Crippen molar-refractivity contribution in [3.8, 4) is 23.0 Å². The first kappa shape index (κ1) is 16.4. The van der Waals surface area contributed by atoms with Crippen molar-refractivity contribution in [1.29, 1.82) is 0 Å². The maximum atomic E-state index is 12.3. The molecule has 0 unspecified atom stereocenters. The molecule has 0 saturated heterocycles. The van der Waals surface area contributed by atoms with E-state index in [-0.39, 0.29) is 17.3 Å². The number of allylic oxidation sites excluding steroid dienone is 1. The van der Waals surface area contributed by atoms with Gasteiger partial charge in [0.25, 0.3) is 0 Å². The third kappa shape index (κ3) is 3.63. The molecule has 2 rings (SSSR count). The van der Waals surface area contributed by atoms with Crippen LogP contribution in [0.25, 0.3) is 6.08 Å². The number of carbonyl (C=O) groups excluding carboxylic acids is 1. The number of phenolic OH excluding ortho intramolecular Hbond substituents is 1. The molecule has 0 aromatic heterocycles. The van der Waals surface area contributed by atoms with Crippen molar-refractivity contribution in [2.24, 2.45) is 0 Å². The molecule has 0 heterocycles. The number of rotatable bonds is 6. The maximum absolute atomic E-state index is 12.3. The Morgan fingerprint density at radius 2 is 1.74 bits per heavy atom. The van der Waals surface area contributed by atoms with Gasteiger partial charge in [-0.2, -0.15) is 0 Å². The van der Waals surface area contributed by atoms with Crippen LogP contribution in [-0.2, 0) is 0 Å². The van der Waals surface area contributed by atoms with Gasteiger partial charge in [-0.3, -0.25) is 4.79 Å². The van der Waals surface area contributed by atoms with Crippen LogP contribution in [0.5, 0.6) is 23.0 Å². The van der Waals surface area contributed by atoms with Crippen molar-refractivity contribution in [3.63, 3.8) is 0 Å². The fraction of sp³-hybridized carbons (Fsp3) is 0.167. The van der Waals surface area contributed by atoms with Crippen LogP contribution in [0.1, 0.15) is 15.9 Å². The molecule has 1 N–H and O–H groups in total. The summed E-state index contributed by atoms with van der Waals surface area (Å²) in [7, 11) is 4.53. The molecule has 0 aliphatic carbocycles. The van der Waals surface area contributed by atoms with Gasteiger partial charge in [0, 0.05) is 11.1 Å². The minimum atomic E-state index is -0.215. The number of para-hydroxylation sites is 1. The van der Waals surface area contributed by atoms with Crippen molar-refractivity contribution in [1.82, 2.24) is 0 Å². The minimum absolute atomic E-state index is 0.0116. The molecule has 120 valence electrons. The van der Waals surface area contributed by atoms with Crippen molar-refractivity contribution in [3.05, 3.63) is 53.6 Å². The predicted octanol–water partition coefficient (Wildman–Crippen LogP) is 3.31. The number of benzene rings is 2. The van der Waals surface area contributed by atoms with Crippen LogP contribution < -0.4 is 14.2 Å². The SMILES string of the molecule is COc1cc(C(=O)/C=C/c2cccc(OC)c2OC)ccc1O. The van der Waals surface area contributed by atoms with E-state index < -0.39 is 0 Å². The molecule has 5 nitrogen and oxygen atoms in total. The molecule has 0 spiro atoms. The molecule has 0 amide bonds. The van der Waals surface area contributed by atoms with Crippen molar-refractivity contribution >= 4 is 11.9 Å². The molecule has 0 fully saturated rings. The lowest BCUT2D eigenvalue weighted by molar-refractivity contribution is 0.104. The van der Waals surface area contributed by atoms with Gasteiger partial charge in [-0.1, -0.05) is 12.1 Å². The van der Waals surface area contributed by atoms with E-state index in [1.165, 1.54) is 31.4 Å². The van der Waals surface area contributed by atoms with Gasteiger partial charge in [0.2, 0.25) is 0 Å². The number of ether oxygens (including phenoxy) is 3. The molecule has 0 bridgehead atoms. The summed E-state index contributed by atoms with van der Waals surface area (Å²) in [5, 5.41) is 9.57. The first-order valence-electron chi connectivity index (χ1n) is 6.91. The summed E-state index contributed by atoms with van der Waals surface area (Å²) < 4.78 is 15.5. The van der Waals surface area contributed by atoms with Gasteiger partial charge in [-0.25, -0.2) is 0 Å². The number of methoxy groups -OCH3 is 3. The van der Waals surface area contributed by atoms with E-state index in [4.69, 9.17) is 14.2 Å². The molecule has 0 radical (unpaired) electrons.